The Balaban J connectivity index is 1.68. The Kier molecular flexibility index (Phi) is 6.53. The van der Waals surface area contributed by atoms with Crippen LogP contribution in [0.4, 0.5) is 17.1 Å². The molecule has 0 fully saturated rings. The number of rotatable bonds is 8. The van der Waals surface area contributed by atoms with Crippen LogP contribution in [0.25, 0.3) is 0 Å². The van der Waals surface area contributed by atoms with Crippen LogP contribution in [-0.2, 0) is 17.4 Å². The van der Waals surface area contributed by atoms with E-state index in [2.05, 4.69) is 67.0 Å². The lowest BCUT2D eigenvalue weighted by Crippen LogP contribution is -2.35. The van der Waals surface area contributed by atoms with Crippen molar-refractivity contribution in [1.82, 2.24) is 9.78 Å². The molecule has 1 aromatic heterocycles. The number of esters is 1. The van der Waals surface area contributed by atoms with Crippen molar-refractivity contribution < 1.29 is 14.3 Å². The van der Waals surface area contributed by atoms with Crippen molar-refractivity contribution in [3.05, 3.63) is 94.7 Å². The summed E-state index contributed by atoms with van der Waals surface area (Å²) in [5.74, 6) is 0.936. The molecule has 0 radical (unpaired) electrons. The summed E-state index contributed by atoms with van der Waals surface area (Å²) in [5, 5.41) is 4.71. The zero-order valence-electron chi connectivity index (χ0n) is 23.9. The Hall–Kier alpha value is -4.26. The summed E-state index contributed by atoms with van der Waals surface area (Å²) in [5.41, 5.74) is 5.88. The van der Waals surface area contributed by atoms with Gasteiger partial charge in [-0.15, -0.1) is 0 Å². The molecule has 7 heteroatoms. The highest BCUT2D eigenvalue weighted by Crippen LogP contribution is 2.58. The monoisotopic (exact) mass is 536 g/mol. The number of ether oxygens (including phenoxy) is 2. The number of nitrogens with zero attached hydrogens (tertiary/aromatic N) is 4. The third-order valence-electron chi connectivity index (χ3n) is 8.15. The number of aryl methyl sites for hydroxylation is 2. The normalized spacial score (nSPS) is 16.7. The smallest absolute Gasteiger partial charge is 0.340 e. The second-order valence-corrected chi connectivity index (χ2v) is 10.5. The van der Waals surface area contributed by atoms with Gasteiger partial charge in [0.2, 0.25) is 5.88 Å². The molecule has 2 aliphatic rings. The molecule has 1 unspecified atom stereocenters. The quantitative estimate of drug-likeness (QED) is 0.224. The number of hydrogen-bond donors (Lipinski definition) is 0. The Morgan fingerprint density at radius 1 is 0.925 bits per heavy atom. The van der Waals surface area contributed by atoms with E-state index in [1.54, 1.807) is 4.68 Å². The molecule has 2 aliphatic heterocycles. The molecule has 0 amide bonds. The molecular weight excluding hydrogens is 500 g/mol. The minimum Gasteiger partial charge on any atom is -0.440 e. The fraction of sp³-hybridized carbons (Fsp3) is 0.333. The lowest BCUT2D eigenvalue weighted by atomic mass is 9.77. The van der Waals surface area contributed by atoms with Crippen LogP contribution in [0.3, 0.4) is 0 Å². The number of hydrogen-bond acceptors (Lipinski definition) is 6. The standard InChI is InChI=1S/C33H36N4O3/c1-6-9-19-37(23-15-11-10-12-16-23)28-20-26-29(21-27(28)36(7-2)8-3)39-31-30(22(4)34-35(31)5)33(26)25-18-14-13-17-24(25)32(38)40-33/h10-18,20-21H,6-9,19H2,1-5H3. The summed E-state index contributed by atoms with van der Waals surface area (Å²) >= 11 is 0. The summed E-state index contributed by atoms with van der Waals surface area (Å²) in [7, 11) is 1.87. The molecule has 3 heterocycles. The van der Waals surface area contributed by atoms with E-state index in [9.17, 15) is 4.79 Å². The molecule has 0 bridgehead atoms. The lowest BCUT2D eigenvalue weighted by Gasteiger charge is -2.38. The zero-order chi connectivity index (χ0) is 28.0. The van der Waals surface area contributed by atoms with E-state index in [1.165, 1.54) is 0 Å². The molecule has 4 aromatic rings. The molecule has 1 atom stereocenters. The lowest BCUT2D eigenvalue weighted by molar-refractivity contribution is 0.0221. The SMILES string of the molecule is CCCCN(c1ccccc1)c1cc2c(cc1N(CC)CC)Oc1c(c(C)nn1C)C21OC(=O)c2ccccc21. The molecule has 0 N–H and O–H groups in total. The number of carbonyl (C=O) groups excluding carboxylic acids is 1. The molecule has 7 nitrogen and oxygen atoms in total. The van der Waals surface area contributed by atoms with Crippen molar-refractivity contribution in [2.45, 2.75) is 46.1 Å². The molecule has 3 aromatic carbocycles. The van der Waals surface area contributed by atoms with Crippen molar-refractivity contribution in [2.24, 2.45) is 7.05 Å². The van der Waals surface area contributed by atoms with Crippen molar-refractivity contribution in [2.75, 3.05) is 29.4 Å². The largest absolute Gasteiger partial charge is 0.440 e. The number of benzene rings is 3. The van der Waals surface area contributed by atoms with Crippen LogP contribution in [0.2, 0.25) is 0 Å². The third-order valence-corrected chi connectivity index (χ3v) is 8.15. The van der Waals surface area contributed by atoms with Crippen molar-refractivity contribution in [1.29, 1.82) is 0 Å². The van der Waals surface area contributed by atoms with E-state index in [0.29, 0.717) is 17.2 Å². The molecule has 6 rings (SSSR count). The van der Waals surface area contributed by atoms with Gasteiger partial charge in [-0.3, -0.25) is 0 Å². The minimum absolute atomic E-state index is 0.335. The first kappa shape index (κ1) is 26.0. The van der Waals surface area contributed by atoms with E-state index in [4.69, 9.17) is 14.6 Å². The summed E-state index contributed by atoms with van der Waals surface area (Å²) < 4.78 is 14.9. The van der Waals surface area contributed by atoms with Crippen LogP contribution >= 0.6 is 0 Å². The van der Waals surface area contributed by atoms with Crippen LogP contribution in [0.5, 0.6) is 11.6 Å². The molecule has 0 saturated heterocycles. The van der Waals surface area contributed by atoms with Crippen molar-refractivity contribution in [3.63, 3.8) is 0 Å². The van der Waals surface area contributed by atoms with Gasteiger partial charge in [-0.1, -0.05) is 49.7 Å². The van der Waals surface area contributed by atoms with E-state index >= 15 is 0 Å². The first-order valence-electron chi connectivity index (χ1n) is 14.2. The summed E-state index contributed by atoms with van der Waals surface area (Å²) in [6.45, 7) is 11.1. The van der Waals surface area contributed by atoms with Crippen LogP contribution in [-0.4, -0.2) is 35.4 Å². The highest BCUT2D eigenvalue weighted by atomic mass is 16.6. The van der Waals surface area contributed by atoms with Gasteiger partial charge in [0.25, 0.3) is 0 Å². The van der Waals surface area contributed by atoms with Gasteiger partial charge in [0.1, 0.15) is 5.75 Å². The number of anilines is 3. The van der Waals surface area contributed by atoms with Crippen molar-refractivity contribution >= 4 is 23.0 Å². The van der Waals surface area contributed by atoms with Gasteiger partial charge in [-0.2, -0.15) is 5.10 Å². The first-order valence-corrected chi connectivity index (χ1v) is 14.2. The Labute approximate surface area is 235 Å². The summed E-state index contributed by atoms with van der Waals surface area (Å²) in [6, 6.07) is 22.5. The number of unbranched alkanes of at least 4 members (excludes halogenated alkanes) is 1. The first-order chi connectivity index (χ1) is 19.4. The molecule has 1 spiro atoms. The maximum Gasteiger partial charge on any atom is 0.340 e. The zero-order valence-corrected chi connectivity index (χ0v) is 23.9. The molecule has 0 saturated carbocycles. The van der Waals surface area contributed by atoms with Crippen LogP contribution in [0.15, 0.2) is 66.7 Å². The van der Waals surface area contributed by atoms with E-state index in [0.717, 1.165) is 71.9 Å². The van der Waals surface area contributed by atoms with Gasteiger partial charge in [0.15, 0.2) is 5.60 Å². The van der Waals surface area contributed by atoms with Gasteiger partial charge < -0.3 is 19.3 Å². The average Bonchev–Trinajstić information content (AvgIpc) is 3.43. The average molecular weight is 537 g/mol. The second-order valence-electron chi connectivity index (χ2n) is 10.5. The van der Waals surface area contributed by atoms with Gasteiger partial charge in [0.05, 0.1) is 33.8 Å². The Bertz CT molecular complexity index is 1570. The maximum absolute atomic E-state index is 13.4. The minimum atomic E-state index is -1.15. The van der Waals surface area contributed by atoms with Gasteiger partial charge in [-0.25, -0.2) is 9.48 Å². The van der Waals surface area contributed by atoms with E-state index < -0.39 is 5.60 Å². The van der Waals surface area contributed by atoms with Crippen LogP contribution in [0.1, 0.15) is 66.4 Å². The molecule has 40 heavy (non-hydrogen) atoms. The summed E-state index contributed by atoms with van der Waals surface area (Å²) in [4.78, 5) is 18.2. The molecular formula is C33H36N4O3. The Morgan fingerprint density at radius 2 is 1.65 bits per heavy atom. The summed E-state index contributed by atoms with van der Waals surface area (Å²) in [6.07, 6.45) is 2.11. The second kappa shape index (κ2) is 10.0. The highest BCUT2D eigenvalue weighted by molar-refractivity contribution is 5.97. The van der Waals surface area contributed by atoms with E-state index in [1.807, 2.05) is 44.3 Å². The van der Waals surface area contributed by atoms with Gasteiger partial charge in [-0.05, 0) is 51.5 Å². The number of aromatic nitrogens is 2. The number of para-hydroxylation sites is 1. The highest BCUT2D eigenvalue weighted by Gasteiger charge is 2.56. The predicted octanol–water partition coefficient (Wildman–Crippen LogP) is 7.08. The maximum atomic E-state index is 13.4. The topological polar surface area (TPSA) is 59.8 Å². The predicted molar refractivity (Wildman–Crippen MR) is 158 cm³/mol. The van der Waals surface area contributed by atoms with Gasteiger partial charge in [0, 0.05) is 44.0 Å². The van der Waals surface area contributed by atoms with Crippen LogP contribution in [0, 0.1) is 6.92 Å². The van der Waals surface area contributed by atoms with Crippen LogP contribution < -0.4 is 14.5 Å². The third kappa shape index (κ3) is 3.79. The fourth-order valence-electron chi connectivity index (χ4n) is 6.26. The Morgan fingerprint density at radius 3 is 2.38 bits per heavy atom. The fourth-order valence-corrected chi connectivity index (χ4v) is 6.26. The number of carbonyl (C=O) groups is 1. The van der Waals surface area contributed by atoms with Crippen molar-refractivity contribution in [3.8, 4) is 11.6 Å². The molecule has 0 aliphatic carbocycles. The molecule has 206 valence electrons. The number of fused-ring (bicyclic) bond motifs is 6. The van der Waals surface area contributed by atoms with Gasteiger partial charge >= 0.3 is 5.97 Å². The van der Waals surface area contributed by atoms with E-state index in [-0.39, 0.29) is 5.97 Å².